The number of aryl methyl sites for hydroxylation is 1. The van der Waals surface area contributed by atoms with Crippen molar-refractivity contribution >= 4 is 23.3 Å². The van der Waals surface area contributed by atoms with Crippen LogP contribution in [0.3, 0.4) is 0 Å². The van der Waals surface area contributed by atoms with Crippen LogP contribution >= 0.6 is 0 Å². The Morgan fingerprint density at radius 2 is 1.68 bits per heavy atom. The lowest BCUT2D eigenvalue weighted by Crippen LogP contribution is -2.49. The lowest BCUT2D eigenvalue weighted by atomic mass is 10.1. The molecule has 3 aromatic rings. The number of nitrogens with one attached hydrogen (secondary N) is 1. The number of urea groups is 1. The number of amides is 3. The highest BCUT2D eigenvalue weighted by atomic mass is 16.5. The number of ether oxygens (including phenoxy) is 2. The molecule has 34 heavy (non-hydrogen) atoms. The molecule has 0 radical (unpaired) electrons. The van der Waals surface area contributed by atoms with E-state index in [1.165, 1.54) is 5.56 Å². The summed E-state index contributed by atoms with van der Waals surface area (Å²) in [6, 6.07) is 20.4. The van der Waals surface area contributed by atoms with E-state index in [4.69, 9.17) is 9.47 Å². The van der Waals surface area contributed by atoms with Gasteiger partial charge < -0.3 is 19.7 Å². The summed E-state index contributed by atoms with van der Waals surface area (Å²) in [4.78, 5) is 29.6. The van der Waals surface area contributed by atoms with Crippen molar-refractivity contribution < 1.29 is 19.1 Å². The molecule has 3 aromatic carbocycles. The summed E-state index contributed by atoms with van der Waals surface area (Å²) in [6.45, 7) is 4.04. The van der Waals surface area contributed by atoms with Crippen LogP contribution in [-0.4, -0.2) is 44.1 Å². The number of nitrogens with zero attached hydrogens (tertiary/aromatic N) is 2. The van der Waals surface area contributed by atoms with Crippen molar-refractivity contribution in [3.63, 3.8) is 0 Å². The third kappa shape index (κ3) is 4.98. The monoisotopic (exact) mass is 459 g/mol. The third-order valence-corrected chi connectivity index (χ3v) is 6.02. The maximum absolute atomic E-state index is 13.2. The first kappa shape index (κ1) is 23.2. The van der Waals surface area contributed by atoms with Crippen LogP contribution in [0.25, 0.3) is 0 Å². The fourth-order valence-corrected chi connectivity index (χ4v) is 4.07. The molecule has 0 spiro atoms. The first-order valence-corrected chi connectivity index (χ1v) is 11.2. The van der Waals surface area contributed by atoms with Gasteiger partial charge in [-0.05, 0) is 60.9 Å². The van der Waals surface area contributed by atoms with Crippen LogP contribution in [0.15, 0.2) is 66.7 Å². The van der Waals surface area contributed by atoms with E-state index in [0.29, 0.717) is 35.8 Å². The maximum atomic E-state index is 13.2. The van der Waals surface area contributed by atoms with Gasteiger partial charge >= 0.3 is 6.03 Å². The van der Waals surface area contributed by atoms with E-state index in [9.17, 15) is 9.59 Å². The molecule has 7 heteroatoms. The van der Waals surface area contributed by atoms with Gasteiger partial charge in [0, 0.05) is 42.6 Å². The number of hydrogen-bond acceptors (Lipinski definition) is 4. The summed E-state index contributed by atoms with van der Waals surface area (Å²) in [5.41, 5.74) is 4.21. The first-order valence-electron chi connectivity index (χ1n) is 11.2. The summed E-state index contributed by atoms with van der Waals surface area (Å²) in [6.07, 6.45) is 0.888. The minimum atomic E-state index is -0.245. The van der Waals surface area contributed by atoms with Gasteiger partial charge in [0.25, 0.3) is 5.91 Å². The number of rotatable bonds is 7. The van der Waals surface area contributed by atoms with Gasteiger partial charge in [-0.3, -0.25) is 9.69 Å². The van der Waals surface area contributed by atoms with Crippen LogP contribution < -0.4 is 19.7 Å². The van der Waals surface area contributed by atoms with Crippen molar-refractivity contribution in [2.75, 3.05) is 37.5 Å². The smallest absolute Gasteiger partial charge is 0.324 e. The van der Waals surface area contributed by atoms with Crippen LogP contribution in [0.5, 0.6) is 11.5 Å². The Bertz CT molecular complexity index is 1180. The van der Waals surface area contributed by atoms with Crippen molar-refractivity contribution in [3.8, 4) is 11.5 Å². The van der Waals surface area contributed by atoms with Gasteiger partial charge in [-0.1, -0.05) is 24.3 Å². The Labute approximate surface area is 199 Å². The fraction of sp³-hybridized carbons (Fsp3) is 0.259. The normalized spacial score (nSPS) is 13.6. The largest absolute Gasteiger partial charge is 0.493 e. The van der Waals surface area contributed by atoms with Crippen LogP contribution in [0, 0.1) is 6.92 Å². The van der Waals surface area contributed by atoms with Gasteiger partial charge in [0.1, 0.15) is 0 Å². The summed E-state index contributed by atoms with van der Waals surface area (Å²) in [5, 5.41) is 2.87. The van der Waals surface area contributed by atoms with Crippen LogP contribution in [0.2, 0.25) is 0 Å². The molecule has 1 aliphatic heterocycles. The van der Waals surface area contributed by atoms with Crippen molar-refractivity contribution in [3.05, 3.63) is 83.4 Å². The molecule has 1 N–H and O–H groups in total. The summed E-state index contributed by atoms with van der Waals surface area (Å²) in [5.74, 6) is 0.881. The molecule has 0 bridgehead atoms. The number of benzene rings is 3. The van der Waals surface area contributed by atoms with Gasteiger partial charge in [0.15, 0.2) is 11.5 Å². The topological polar surface area (TPSA) is 71.1 Å². The Kier molecular flexibility index (Phi) is 7.01. The van der Waals surface area contributed by atoms with Gasteiger partial charge in [-0.15, -0.1) is 0 Å². The SMILES string of the molecule is COc1ccc(NC(=O)c2ccc(N3CCCN(Cc4ccccc4C)C3=O)cc2)cc1OC. The molecule has 0 saturated carbocycles. The van der Waals surface area contributed by atoms with E-state index in [-0.39, 0.29) is 11.9 Å². The quantitative estimate of drug-likeness (QED) is 0.534. The number of carbonyl (C=O) groups is 2. The minimum absolute atomic E-state index is 0.0166. The van der Waals surface area contributed by atoms with Gasteiger partial charge in [-0.25, -0.2) is 4.79 Å². The van der Waals surface area contributed by atoms with E-state index in [1.807, 2.05) is 29.2 Å². The molecule has 1 aliphatic rings. The van der Waals surface area contributed by atoms with Gasteiger partial charge in [0.05, 0.1) is 14.2 Å². The number of carbonyl (C=O) groups excluding carboxylic acids is 2. The second-order valence-electron chi connectivity index (χ2n) is 8.21. The molecule has 4 rings (SSSR count). The lowest BCUT2D eigenvalue weighted by molar-refractivity contribution is 0.102. The highest BCUT2D eigenvalue weighted by molar-refractivity contribution is 6.05. The molecule has 0 aromatic heterocycles. The Balaban J connectivity index is 1.44. The van der Waals surface area contributed by atoms with Crippen molar-refractivity contribution in [1.29, 1.82) is 0 Å². The van der Waals surface area contributed by atoms with Gasteiger partial charge in [0.2, 0.25) is 0 Å². The molecule has 7 nitrogen and oxygen atoms in total. The average molecular weight is 460 g/mol. The zero-order valence-corrected chi connectivity index (χ0v) is 19.7. The molecule has 176 valence electrons. The maximum Gasteiger partial charge on any atom is 0.324 e. The average Bonchev–Trinajstić information content (AvgIpc) is 2.86. The zero-order chi connectivity index (χ0) is 24.1. The molecular formula is C27H29N3O4. The zero-order valence-electron chi connectivity index (χ0n) is 19.7. The van der Waals surface area contributed by atoms with Crippen LogP contribution in [0.1, 0.15) is 27.9 Å². The molecule has 0 aliphatic carbocycles. The molecule has 1 fully saturated rings. The number of hydrogen-bond donors (Lipinski definition) is 1. The summed E-state index contributed by atoms with van der Waals surface area (Å²) in [7, 11) is 3.11. The first-order chi connectivity index (χ1) is 16.5. The summed E-state index contributed by atoms with van der Waals surface area (Å²) >= 11 is 0. The predicted octanol–water partition coefficient (Wildman–Crippen LogP) is 5.10. The van der Waals surface area contributed by atoms with Crippen molar-refractivity contribution in [2.45, 2.75) is 19.9 Å². The molecule has 3 amide bonds. The van der Waals surface area contributed by atoms with Crippen LogP contribution in [-0.2, 0) is 6.54 Å². The van der Waals surface area contributed by atoms with Gasteiger partial charge in [-0.2, -0.15) is 0 Å². The molecule has 0 atom stereocenters. The van der Waals surface area contributed by atoms with E-state index >= 15 is 0 Å². The third-order valence-electron chi connectivity index (χ3n) is 6.02. The highest BCUT2D eigenvalue weighted by Crippen LogP contribution is 2.30. The molecular weight excluding hydrogens is 430 g/mol. The summed E-state index contributed by atoms with van der Waals surface area (Å²) < 4.78 is 10.5. The van der Waals surface area contributed by atoms with E-state index < -0.39 is 0 Å². The second-order valence-corrected chi connectivity index (χ2v) is 8.21. The van der Waals surface area contributed by atoms with Crippen molar-refractivity contribution in [2.24, 2.45) is 0 Å². The molecule has 0 unspecified atom stereocenters. The minimum Gasteiger partial charge on any atom is -0.493 e. The highest BCUT2D eigenvalue weighted by Gasteiger charge is 2.27. The predicted molar refractivity (Wildman–Crippen MR) is 133 cm³/mol. The van der Waals surface area contributed by atoms with Crippen LogP contribution in [0.4, 0.5) is 16.2 Å². The Hall–Kier alpha value is -4.00. The Morgan fingerprint density at radius 1 is 0.941 bits per heavy atom. The fourth-order valence-electron chi connectivity index (χ4n) is 4.07. The van der Waals surface area contributed by atoms with E-state index in [1.54, 1.807) is 49.5 Å². The van der Waals surface area contributed by atoms with Crippen molar-refractivity contribution in [1.82, 2.24) is 4.90 Å². The molecule has 1 heterocycles. The number of anilines is 2. The number of methoxy groups -OCH3 is 2. The molecule has 1 saturated heterocycles. The van der Waals surface area contributed by atoms with E-state index in [0.717, 1.165) is 24.2 Å². The standard InChI is InChI=1S/C27H29N3O4/c1-19-7-4-5-8-21(19)18-29-15-6-16-30(27(29)32)23-12-9-20(10-13-23)26(31)28-22-11-14-24(33-2)25(17-22)34-3/h4-5,7-14,17H,6,15-16,18H2,1-3H3,(H,28,31). The second kappa shape index (κ2) is 10.3. The van der Waals surface area contributed by atoms with E-state index in [2.05, 4.69) is 24.4 Å². The lowest BCUT2D eigenvalue weighted by Gasteiger charge is -2.36. The Morgan fingerprint density at radius 3 is 2.38 bits per heavy atom.